The lowest BCUT2D eigenvalue weighted by atomic mass is 9.74. The Bertz CT molecular complexity index is 1070. The SMILES string of the molecule is C[B]c1ccc(S(=O)(=O)O[C@H]2C[C@@H](C(N)=O)N(C(=O)[C@@H](NC(=O)OC3CCCC3)C(C)(C)C)C2)cc1. The summed E-state index contributed by atoms with van der Waals surface area (Å²) in [7, 11) is -2.31. The number of benzene rings is 1. The van der Waals surface area contributed by atoms with Gasteiger partial charge in [0.15, 0.2) is 0 Å². The zero-order chi connectivity index (χ0) is 26.7. The van der Waals surface area contributed by atoms with E-state index in [-0.39, 0.29) is 24.0 Å². The van der Waals surface area contributed by atoms with Gasteiger partial charge >= 0.3 is 6.09 Å². The topological polar surface area (TPSA) is 145 Å². The molecule has 1 saturated carbocycles. The van der Waals surface area contributed by atoms with Gasteiger partial charge in [0, 0.05) is 13.0 Å². The van der Waals surface area contributed by atoms with Crippen molar-refractivity contribution in [3.8, 4) is 0 Å². The van der Waals surface area contributed by atoms with Crippen LogP contribution >= 0.6 is 0 Å². The van der Waals surface area contributed by atoms with Crippen molar-refractivity contribution in [1.29, 1.82) is 0 Å². The maximum absolute atomic E-state index is 13.6. The van der Waals surface area contributed by atoms with Crippen LogP contribution in [0.25, 0.3) is 0 Å². The number of hydrogen-bond acceptors (Lipinski definition) is 7. The first kappa shape index (κ1) is 28.0. The molecule has 3 rings (SSSR count). The molecule has 2 fully saturated rings. The Labute approximate surface area is 213 Å². The highest BCUT2D eigenvalue weighted by atomic mass is 32.2. The van der Waals surface area contributed by atoms with Crippen LogP contribution in [-0.2, 0) is 28.6 Å². The molecular weight excluding hydrogens is 485 g/mol. The Morgan fingerprint density at radius 3 is 2.25 bits per heavy atom. The van der Waals surface area contributed by atoms with E-state index in [0.29, 0.717) is 0 Å². The largest absolute Gasteiger partial charge is 0.446 e. The molecule has 1 aliphatic heterocycles. The summed E-state index contributed by atoms with van der Waals surface area (Å²) in [6.07, 6.45) is 1.60. The number of carbonyl (C=O) groups is 3. The number of alkyl carbamates (subject to hydrolysis) is 1. The number of rotatable bonds is 8. The van der Waals surface area contributed by atoms with Crippen molar-refractivity contribution in [2.45, 2.75) is 88.9 Å². The van der Waals surface area contributed by atoms with E-state index in [2.05, 4.69) is 5.32 Å². The van der Waals surface area contributed by atoms with Gasteiger partial charge in [-0.1, -0.05) is 45.2 Å². The highest BCUT2D eigenvalue weighted by Gasteiger charge is 2.46. The number of carbonyl (C=O) groups excluding carboxylic acids is 3. The van der Waals surface area contributed by atoms with Gasteiger partial charge in [-0.25, -0.2) is 4.79 Å². The Balaban J connectivity index is 1.75. The van der Waals surface area contributed by atoms with Gasteiger partial charge in [0.25, 0.3) is 10.1 Å². The quantitative estimate of drug-likeness (QED) is 0.388. The summed E-state index contributed by atoms with van der Waals surface area (Å²) in [6.45, 7) is 6.99. The van der Waals surface area contributed by atoms with Crippen molar-refractivity contribution in [1.82, 2.24) is 10.2 Å². The zero-order valence-electron chi connectivity index (χ0n) is 21.2. The molecule has 3 atom stereocenters. The van der Waals surface area contributed by atoms with Gasteiger partial charge in [-0.3, -0.25) is 13.8 Å². The van der Waals surface area contributed by atoms with Gasteiger partial charge in [-0.15, -0.1) is 0 Å². The number of primary amides is 1. The fourth-order valence-electron chi connectivity index (χ4n) is 4.57. The van der Waals surface area contributed by atoms with Gasteiger partial charge in [0.05, 0.1) is 11.0 Å². The molecule has 197 valence electrons. The first-order chi connectivity index (χ1) is 16.8. The number of nitrogens with two attached hydrogens (primary N) is 1. The Morgan fingerprint density at radius 1 is 1.11 bits per heavy atom. The third-order valence-electron chi connectivity index (χ3n) is 6.59. The van der Waals surface area contributed by atoms with Crippen LogP contribution in [0.15, 0.2) is 29.2 Å². The smallest absolute Gasteiger partial charge is 0.408 e. The number of hydrogen-bond donors (Lipinski definition) is 2. The van der Waals surface area contributed by atoms with Crippen molar-refractivity contribution in [3.63, 3.8) is 0 Å². The second kappa shape index (κ2) is 11.2. The van der Waals surface area contributed by atoms with Gasteiger partial charge in [0.1, 0.15) is 25.5 Å². The summed E-state index contributed by atoms with van der Waals surface area (Å²) < 4.78 is 36.5. The van der Waals surface area contributed by atoms with Crippen LogP contribution in [0.2, 0.25) is 6.82 Å². The molecule has 10 nitrogen and oxygen atoms in total. The number of nitrogens with one attached hydrogen (secondary N) is 1. The van der Waals surface area contributed by atoms with E-state index in [1.165, 1.54) is 17.0 Å². The fraction of sp³-hybridized carbons (Fsp3) is 0.625. The van der Waals surface area contributed by atoms with Crippen molar-refractivity contribution in [2.75, 3.05) is 6.54 Å². The molecule has 0 bridgehead atoms. The number of likely N-dealkylation sites (tertiary alicyclic amines) is 1. The van der Waals surface area contributed by atoms with E-state index in [1.807, 2.05) is 14.1 Å². The van der Waals surface area contributed by atoms with Crippen molar-refractivity contribution in [3.05, 3.63) is 24.3 Å². The van der Waals surface area contributed by atoms with Crippen LogP contribution in [0.4, 0.5) is 4.79 Å². The molecule has 0 aromatic heterocycles. The summed E-state index contributed by atoms with van der Waals surface area (Å²) in [5, 5.41) is 2.65. The van der Waals surface area contributed by atoms with Gasteiger partial charge in [-0.05, 0) is 43.2 Å². The predicted octanol–water partition coefficient (Wildman–Crippen LogP) is 1.31. The maximum atomic E-state index is 13.6. The lowest BCUT2D eigenvalue weighted by Crippen LogP contribution is -2.57. The lowest BCUT2D eigenvalue weighted by molar-refractivity contribution is -0.141. The lowest BCUT2D eigenvalue weighted by Gasteiger charge is -2.35. The Hall–Kier alpha value is -2.60. The van der Waals surface area contributed by atoms with Crippen molar-refractivity contribution < 1.29 is 31.7 Å². The first-order valence-electron chi connectivity index (χ1n) is 12.2. The fourth-order valence-corrected chi connectivity index (χ4v) is 5.64. The first-order valence-corrected chi connectivity index (χ1v) is 13.6. The van der Waals surface area contributed by atoms with E-state index < -0.39 is 51.6 Å². The van der Waals surface area contributed by atoms with Crippen LogP contribution in [0.1, 0.15) is 52.9 Å². The van der Waals surface area contributed by atoms with Crippen LogP contribution in [0, 0.1) is 5.41 Å². The van der Waals surface area contributed by atoms with Gasteiger partial charge < -0.3 is 20.7 Å². The third kappa shape index (κ3) is 6.79. The van der Waals surface area contributed by atoms with Crippen LogP contribution < -0.4 is 16.5 Å². The second-order valence-electron chi connectivity index (χ2n) is 10.4. The summed E-state index contributed by atoms with van der Waals surface area (Å²) in [5.41, 5.74) is 5.69. The third-order valence-corrected chi connectivity index (χ3v) is 7.97. The van der Waals surface area contributed by atoms with E-state index in [9.17, 15) is 22.8 Å². The molecule has 0 unspecified atom stereocenters. The standard InChI is InChI=1S/C24H35BN3O7S/c1-24(2,3)20(27-23(31)34-16-7-5-6-8-16)22(30)28-14-17(13-19(28)21(26)29)35-36(32,33)18-11-9-15(25-4)10-12-18/h9-12,16-17,19-20H,5-8,13-14H2,1-4H3,(H2,26,29)(H,27,31)/t17-,19-,20+/m0/s1. The monoisotopic (exact) mass is 520 g/mol. The second-order valence-corrected chi connectivity index (χ2v) is 12.0. The van der Waals surface area contributed by atoms with Crippen LogP contribution in [-0.4, -0.2) is 69.3 Å². The molecule has 1 aromatic rings. The summed E-state index contributed by atoms with van der Waals surface area (Å²) in [4.78, 5) is 39.5. The van der Waals surface area contributed by atoms with Gasteiger partial charge in [-0.2, -0.15) is 8.42 Å². The number of ether oxygens (including phenoxy) is 1. The summed E-state index contributed by atoms with van der Waals surface area (Å²) >= 11 is 0. The minimum atomic E-state index is -4.14. The summed E-state index contributed by atoms with van der Waals surface area (Å²) in [5.74, 6) is -1.34. The minimum Gasteiger partial charge on any atom is -0.446 e. The molecule has 2 aliphatic rings. The molecule has 3 N–H and O–H groups in total. The van der Waals surface area contributed by atoms with Crippen LogP contribution in [0.3, 0.4) is 0 Å². The Kier molecular flexibility index (Phi) is 8.71. The molecule has 1 saturated heterocycles. The van der Waals surface area contributed by atoms with E-state index in [4.69, 9.17) is 14.7 Å². The van der Waals surface area contributed by atoms with E-state index in [1.54, 1.807) is 32.9 Å². The zero-order valence-corrected chi connectivity index (χ0v) is 22.0. The Morgan fingerprint density at radius 2 is 1.72 bits per heavy atom. The van der Waals surface area contributed by atoms with Crippen LogP contribution in [0.5, 0.6) is 0 Å². The maximum Gasteiger partial charge on any atom is 0.408 e. The predicted molar refractivity (Wildman–Crippen MR) is 134 cm³/mol. The van der Waals surface area contributed by atoms with Crippen molar-refractivity contribution in [2.24, 2.45) is 11.1 Å². The highest BCUT2D eigenvalue weighted by molar-refractivity contribution is 7.86. The van der Waals surface area contributed by atoms with E-state index >= 15 is 0 Å². The molecule has 0 spiro atoms. The number of amides is 3. The van der Waals surface area contributed by atoms with Gasteiger partial charge in [0.2, 0.25) is 11.8 Å². The normalized spacial score (nSPS) is 21.7. The molecule has 12 heteroatoms. The highest BCUT2D eigenvalue weighted by Crippen LogP contribution is 2.29. The molecule has 1 radical (unpaired) electrons. The van der Waals surface area contributed by atoms with Crippen molar-refractivity contribution >= 4 is 40.8 Å². The molecule has 3 amide bonds. The average molecular weight is 520 g/mol. The number of nitrogens with zero attached hydrogens (tertiary/aromatic N) is 1. The average Bonchev–Trinajstić information content (AvgIpc) is 3.46. The van der Waals surface area contributed by atoms with E-state index in [0.717, 1.165) is 31.1 Å². The molecule has 1 aromatic carbocycles. The molecular formula is C24H35BN3O7S. The molecule has 1 aliphatic carbocycles. The minimum absolute atomic E-state index is 0.0302. The molecule has 36 heavy (non-hydrogen) atoms. The molecule has 1 heterocycles. The summed E-state index contributed by atoms with van der Waals surface area (Å²) in [6, 6.07) is 4.07.